The fraction of sp³-hybridized carbons (Fsp3) is 0.421. The molecule has 142 valence electrons. The Morgan fingerprint density at radius 3 is 2.54 bits per heavy atom. The number of esters is 1. The third-order valence-corrected chi connectivity index (χ3v) is 5.39. The number of halogens is 1. The first-order valence-electron chi connectivity index (χ1n) is 8.49. The van der Waals surface area contributed by atoms with Crippen LogP contribution in [0, 0.1) is 5.41 Å². The Kier molecular flexibility index (Phi) is 6.73. The summed E-state index contributed by atoms with van der Waals surface area (Å²) in [4.78, 5) is 12.1. The lowest BCUT2D eigenvalue weighted by Crippen LogP contribution is -2.33. The molecule has 0 aliphatic heterocycles. The van der Waals surface area contributed by atoms with Crippen LogP contribution in [0.1, 0.15) is 34.1 Å². The Morgan fingerprint density at radius 1 is 1.19 bits per heavy atom. The molecule has 0 radical (unpaired) electrons. The molecule has 0 bridgehead atoms. The summed E-state index contributed by atoms with van der Waals surface area (Å²) < 4.78 is 23.3. The molecular weight excluding hydrogens is 373 g/mol. The van der Waals surface area contributed by atoms with Gasteiger partial charge in [0, 0.05) is 16.6 Å². The fourth-order valence-corrected chi connectivity index (χ4v) is 3.99. The van der Waals surface area contributed by atoms with E-state index in [-0.39, 0.29) is 5.41 Å². The Balaban J connectivity index is 1.99. The molecule has 7 heteroatoms. The van der Waals surface area contributed by atoms with Crippen molar-refractivity contribution in [3.8, 4) is 5.75 Å². The summed E-state index contributed by atoms with van der Waals surface area (Å²) in [6, 6.07) is 12.1. The summed E-state index contributed by atoms with van der Waals surface area (Å²) in [7, 11) is 0. The molecule has 1 unspecified atom stereocenters. The Labute approximate surface area is 159 Å². The molecular formula is C19H25ClNO4P. The molecule has 0 aliphatic rings. The van der Waals surface area contributed by atoms with E-state index in [1.165, 1.54) is 0 Å². The molecule has 5 nitrogen and oxygen atoms in total. The molecule has 2 aromatic rings. The van der Waals surface area contributed by atoms with E-state index in [0.717, 1.165) is 17.2 Å². The molecule has 1 N–H and O–H groups in total. The van der Waals surface area contributed by atoms with Gasteiger partial charge in [-0.2, -0.15) is 0 Å². The zero-order chi connectivity index (χ0) is 19.4. The molecule has 2 rings (SSSR count). The highest BCUT2D eigenvalue weighted by Gasteiger charge is 2.28. The number of fused-ring (bicyclic) bond motifs is 1. The number of nitrogens with one attached hydrogen (secondary N) is 1. The summed E-state index contributed by atoms with van der Waals surface area (Å²) in [6.07, 6.45) is 0.733. The summed E-state index contributed by atoms with van der Waals surface area (Å²) in [5, 5.41) is 4.27. The Hall–Kier alpha value is -1.55. The summed E-state index contributed by atoms with van der Waals surface area (Å²) in [6.45, 7) is 4.26. The highest BCUT2D eigenvalue weighted by atomic mass is 35.7. The average Bonchev–Trinajstić information content (AvgIpc) is 2.53. The molecule has 0 saturated heterocycles. The third-order valence-electron chi connectivity index (χ3n) is 3.76. The van der Waals surface area contributed by atoms with E-state index in [1.807, 2.05) is 30.3 Å². The molecule has 0 aliphatic carbocycles. The van der Waals surface area contributed by atoms with E-state index in [2.05, 4.69) is 25.9 Å². The zero-order valence-corrected chi connectivity index (χ0v) is 17.1. The maximum Gasteiger partial charge on any atom is 0.409 e. The normalized spacial score (nSPS) is 15.3. The van der Waals surface area contributed by atoms with Crippen LogP contribution in [0.3, 0.4) is 0 Å². The minimum absolute atomic E-state index is 0.0657. The van der Waals surface area contributed by atoms with Gasteiger partial charge in [-0.15, -0.1) is 0 Å². The van der Waals surface area contributed by atoms with Crippen LogP contribution in [0.25, 0.3) is 10.8 Å². The van der Waals surface area contributed by atoms with Gasteiger partial charge in [-0.1, -0.05) is 57.2 Å². The number of carbonyl (C=O) groups excluding carboxylic acids is 1. The number of benzene rings is 2. The van der Waals surface area contributed by atoms with Crippen molar-refractivity contribution >= 4 is 34.9 Å². The molecule has 26 heavy (non-hydrogen) atoms. The largest absolute Gasteiger partial charge is 0.465 e. The van der Waals surface area contributed by atoms with Crippen molar-refractivity contribution in [2.75, 3.05) is 6.61 Å². The van der Waals surface area contributed by atoms with E-state index in [4.69, 9.17) is 20.5 Å². The van der Waals surface area contributed by atoms with Gasteiger partial charge < -0.3 is 9.26 Å². The minimum Gasteiger partial charge on any atom is -0.465 e. The monoisotopic (exact) mass is 397 g/mol. The van der Waals surface area contributed by atoms with Crippen LogP contribution in [-0.2, 0) is 14.1 Å². The molecule has 0 aromatic heterocycles. The zero-order valence-electron chi connectivity index (χ0n) is 15.5. The van der Waals surface area contributed by atoms with Crippen LogP contribution in [-0.4, -0.2) is 18.6 Å². The van der Waals surface area contributed by atoms with Crippen molar-refractivity contribution in [1.82, 2.24) is 5.09 Å². The summed E-state index contributed by atoms with van der Waals surface area (Å²) in [5.41, 5.74) is 0.0657. The smallest absolute Gasteiger partial charge is 0.409 e. The van der Waals surface area contributed by atoms with Gasteiger partial charge in [-0.25, -0.2) is 9.65 Å². The van der Waals surface area contributed by atoms with Crippen molar-refractivity contribution in [3.05, 3.63) is 42.5 Å². The second kappa shape index (κ2) is 8.43. The van der Waals surface area contributed by atoms with Gasteiger partial charge >= 0.3 is 12.8 Å². The molecule has 2 atom stereocenters. The summed E-state index contributed by atoms with van der Waals surface area (Å²) >= 11 is 6.03. The SMILES string of the molecule is C[C@H](NP(=O)(Cl)Oc1cccc2ccccc12)C(=O)OCCC(C)(C)C. The van der Waals surface area contributed by atoms with Crippen LogP contribution in [0.2, 0.25) is 0 Å². The van der Waals surface area contributed by atoms with Gasteiger partial charge in [-0.05, 0) is 30.2 Å². The highest BCUT2D eigenvalue weighted by Crippen LogP contribution is 2.50. The first-order valence-corrected chi connectivity index (χ1v) is 11.0. The summed E-state index contributed by atoms with van der Waals surface area (Å²) in [5.74, 6) is -0.126. The van der Waals surface area contributed by atoms with Crippen LogP contribution >= 0.6 is 18.1 Å². The van der Waals surface area contributed by atoms with Crippen molar-refractivity contribution < 1.29 is 18.6 Å². The second-order valence-corrected chi connectivity index (χ2v) is 10.1. The highest BCUT2D eigenvalue weighted by molar-refractivity contribution is 7.84. The average molecular weight is 398 g/mol. The quantitative estimate of drug-likeness (QED) is 0.492. The van der Waals surface area contributed by atoms with E-state index in [1.54, 1.807) is 19.1 Å². The predicted molar refractivity (Wildman–Crippen MR) is 106 cm³/mol. The number of rotatable bonds is 7. The molecule has 2 aromatic carbocycles. The van der Waals surface area contributed by atoms with Crippen LogP contribution in [0.5, 0.6) is 5.75 Å². The maximum atomic E-state index is 12.6. The fourth-order valence-electron chi connectivity index (χ4n) is 2.29. The van der Waals surface area contributed by atoms with Gasteiger partial charge in [0.1, 0.15) is 11.8 Å². The van der Waals surface area contributed by atoms with Crippen molar-refractivity contribution in [2.24, 2.45) is 5.41 Å². The maximum absolute atomic E-state index is 12.6. The van der Waals surface area contributed by atoms with Gasteiger partial charge in [0.05, 0.1) is 6.61 Å². The molecule has 0 heterocycles. The lowest BCUT2D eigenvalue weighted by molar-refractivity contribution is -0.145. The number of hydrogen-bond acceptors (Lipinski definition) is 4. The third kappa shape index (κ3) is 6.31. The standard InChI is InChI=1S/C19H25ClNO4P/c1-14(18(22)24-13-12-19(2,3)4)21-26(20,23)25-17-11-7-9-15-8-5-6-10-16(15)17/h5-11,14H,12-13H2,1-4H3,(H,21,23)/t14-,26?/m0/s1. The Morgan fingerprint density at radius 2 is 1.85 bits per heavy atom. The van der Waals surface area contributed by atoms with E-state index in [0.29, 0.717) is 12.4 Å². The first-order chi connectivity index (χ1) is 12.1. The van der Waals surface area contributed by atoms with Gasteiger partial charge in [0.15, 0.2) is 0 Å². The minimum atomic E-state index is -3.77. The van der Waals surface area contributed by atoms with Crippen LogP contribution in [0.15, 0.2) is 42.5 Å². The predicted octanol–water partition coefficient (Wildman–Crippen LogP) is 5.52. The number of hydrogen-bond donors (Lipinski definition) is 1. The lowest BCUT2D eigenvalue weighted by Gasteiger charge is -2.21. The van der Waals surface area contributed by atoms with Gasteiger partial charge in [-0.3, -0.25) is 4.79 Å². The first kappa shape index (κ1) is 20.8. The Bertz CT molecular complexity index is 813. The molecule has 0 amide bonds. The molecule has 0 fully saturated rings. The van der Waals surface area contributed by atoms with E-state index in [9.17, 15) is 9.36 Å². The molecule has 0 spiro atoms. The van der Waals surface area contributed by atoms with E-state index >= 15 is 0 Å². The van der Waals surface area contributed by atoms with Crippen molar-refractivity contribution in [2.45, 2.75) is 40.2 Å². The van der Waals surface area contributed by atoms with Gasteiger partial charge in [0.25, 0.3) is 0 Å². The van der Waals surface area contributed by atoms with Crippen molar-refractivity contribution in [3.63, 3.8) is 0 Å². The topological polar surface area (TPSA) is 64.6 Å². The van der Waals surface area contributed by atoms with Crippen LogP contribution in [0.4, 0.5) is 0 Å². The van der Waals surface area contributed by atoms with E-state index < -0.39 is 18.9 Å². The number of carbonyl (C=O) groups is 1. The van der Waals surface area contributed by atoms with Gasteiger partial charge in [0.2, 0.25) is 0 Å². The van der Waals surface area contributed by atoms with Crippen LogP contribution < -0.4 is 9.61 Å². The second-order valence-electron chi connectivity index (χ2n) is 7.38. The molecule has 0 saturated carbocycles. The number of ether oxygens (including phenoxy) is 1. The van der Waals surface area contributed by atoms with Crippen molar-refractivity contribution in [1.29, 1.82) is 0 Å². The lowest BCUT2D eigenvalue weighted by atomic mass is 9.93.